The number of aliphatic hydroxyl groups is 11. The van der Waals surface area contributed by atoms with Gasteiger partial charge in [0.25, 0.3) is 5.91 Å². The van der Waals surface area contributed by atoms with Crippen molar-refractivity contribution in [3.05, 3.63) is 12.7 Å². The predicted octanol–water partition coefficient (Wildman–Crippen LogP) is -8.10. The van der Waals surface area contributed by atoms with Gasteiger partial charge in [0.1, 0.15) is 67.1 Å². The summed E-state index contributed by atoms with van der Waals surface area (Å²) in [5, 5.41) is 111. The minimum absolute atomic E-state index is 0.651. The molecule has 0 saturated carbocycles. The molecule has 0 aromatic heterocycles. The second-order valence-electron chi connectivity index (χ2n) is 8.93. The van der Waals surface area contributed by atoms with Crippen LogP contribution in [0, 0.1) is 0 Å². The van der Waals surface area contributed by atoms with Crippen LogP contribution in [0.2, 0.25) is 0 Å². The Bertz CT molecular complexity index is 815. The van der Waals surface area contributed by atoms with E-state index in [1.165, 1.54) is 0 Å². The van der Waals surface area contributed by atoms with Crippen molar-refractivity contribution in [3.63, 3.8) is 0 Å². The van der Waals surface area contributed by atoms with Crippen LogP contribution in [0.3, 0.4) is 0 Å². The zero-order chi connectivity index (χ0) is 29.6. The zero-order valence-corrected chi connectivity index (χ0v) is 20.4. The van der Waals surface area contributed by atoms with E-state index in [1.54, 1.807) is 5.32 Å². The maximum atomic E-state index is 11.7. The molecule has 18 heteroatoms. The first-order chi connectivity index (χ1) is 18.2. The molecule has 0 unspecified atom stereocenters. The van der Waals surface area contributed by atoms with Crippen molar-refractivity contribution in [2.45, 2.75) is 85.8 Å². The average Bonchev–Trinajstić information content (AvgIpc) is 2.92. The Morgan fingerprint density at radius 3 is 1.85 bits per heavy atom. The molecule has 2 amide bonds. The van der Waals surface area contributed by atoms with Gasteiger partial charge >= 0.3 is 0 Å². The van der Waals surface area contributed by atoms with Gasteiger partial charge in [0.2, 0.25) is 5.91 Å². The number of ether oxygens (including phenoxy) is 4. The fourth-order valence-electron chi connectivity index (χ4n) is 3.69. The van der Waals surface area contributed by atoms with Crippen LogP contribution in [-0.4, -0.2) is 174 Å². The number of aliphatic hydroxyl groups excluding tert-OH is 11. The van der Waals surface area contributed by atoms with Crippen molar-refractivity contribution in [3.8, 4) is 0 Å². The third-order valence-corrected chi connectivity index (χ3v) is 6.14. The fourth-order valence-corrected chi connectivity index (χ4v) is 3.69. The first kappa shape index (κ1) is 33.5. The average molecular weight is 574 g/mol. The molecular formula is C21H35NO17. The highest BCUT2D eigenvalue weighted by molar-refractivity contribution is 6.02. The zero-order valence-electron chi connectivity index (χ0n) is 20.4. The van der Waals surface area contributed by atoms with E-state index >= 15 is 0 Å². The van der Waals surface area contributed by atoms with E-state index in [4.69, 9.17) is 18.9 Å². The van der Waals surface area contributed by atoms with E-state index in [9.17, 15) is 65.8 Å². The van der Waals surface area contributed by atoms with E-state index < -0.39 is 117 Å². The van der Waals surface area contributed by atoms with Crippen LogP contribution in [0.4, 0.5) is 0 Å². The lowest BCUT2D eigenvalue weighted by atomic mass is 9.98. The number of nitrogens with one attached hydrogen (secondary N) is 1. The Labute approximate surface area is 220 Å². The van der Waals surface area contributed by atoms with Crippen molar-refractivity contribution in [1.29, 1.82) is 0 Å². The summed E-state index contributed by atoms with van der Waals surface area (Å²) in [5.41, 5.74) is 0. The number of carbonyl (C=O) groups excluding carboxylic acids is 2. The van der Waals surface area contributed by atoms with Crippen molar-refractivity contribution in [1.82, 2.24) is 5.32 Å². The van der Waals surface area contributed by atoms with Gasteiger partial charge in [-0.2, -0.15) is 0 Å². The molecular weight excluding hydrogens is 538 g/mol. The third kappa shape index (κ3) is 8.16. The highest BCUT2D eigenvalue weighted by Crippen LogP contribution is 2.26. The molecule has 0 radical (unpaired) electrons. The molecule has 12 N–H and O–H groups in total. The largest absolute Gasteiger partial charge is 0.394 e. The van der Waals surface area contributed by atoms with Crippen LogP contribution >= 0.6 is 0 Å². The first-order valence-corrected chi connectivity index (χ1v) is 11.7. The number of amides is 2. The summed E-state index contributed by atoms with van der Waals surface area (Å²) in [6.45, 7) is 0.794. The summed E-state index contributed by atoms with van der Waals surface area (Å²) in [5.74, 6) is -2.40. The molecule has 2 aliphatic heterocycles. The number of hydrogen-bond donors (Lipinski definition) is 12. The van der Waals surface area contributed by atoms with Gasteiger partial charge in [-0.25, -0.2) is 0 Å². The number of hydrogen-bond acceptors (Lipinski definition) is 17. The van der Waals surface area contributed by atoms with Gasteiger partial charge in [-0.3, -0.25) is 14.9 Å². The second-order valence-corrected chi connectivity index (χ2v) is 8.93. The summed E-state index contributed by atoms with van der Waals surface area (Å²) in [6.07, 6.45) is -25.1. The Hall–Kier alpha value is -1.72. The summed E-state index contributed by atoms with van der Waals surface area (Å²) in [6, 6.07) is 0. The minimum Gasteiger partial charge on any atom is -0.394 e. The molecule has 226 valence electrons. The van der Waals surface area contributed by atoms with Gasteiger partial charge in [-0.1, -0.05) is 6.58 Å². The van der Waals surface area contributed by atoms with Gasteiger partial charge in [0, 0.05) is 0 Å². The lowest BCUT2D eigenvalue weighted by Crippen LogP contribution is -2.62. The third-order valence-electron chi connectivity index (χ3n) is 6.14. The van der Waals surface area contributed by atoms with Crippen LogP contribution in [0.5, 0.6) is 0 Å². The monoisotopic (exact) mass is 573 g/mol. The summed E-state index contributed by atoms with van der Waals surface area (Å²) in [7, 11) is 0. The fraction of sp³-hybridized carbons (Fsp3) is 0.810. The molecule has 0 aliphatic carbocycles. The summed E-state index contributed by atoms with van der Waals surface area (Å²) < 4.78 is 20.9. The smallest absolute Gasteiger partial charge is 0.258 e. The molecule has 18 nitrogen and oxygen atoms in total. The van der Waals surface area contributed by atoms with E-state index in [2.05, 4.69) is 6.58 Å². The minimum atomic E-state index is -2.35. The molecule has 0 aromatic carbocycles. The van der Waals surface area contributed by atoms with Crippen LogP contribution in [0.15, 0.2) is 12.7 Å². The SMILES string of the molecule is C=CC(=O)NC(=O)[C@H](O)[C@@H](O)[C@H](O)[C@H](O)CO[C@H]1O[C@H](CO[C@H]2O[C@H](CO)[C@@H](O)[C@H](O)[C@H]2O)[C@@H](O)[C@H](O)[C@H]1O. The molecule has 0 spiro atoms. The maximum Gasteiger partial charge on any atom is 0.258 e. The van der Waals surface area contributed by atoms with Gasteiger partial charge < -0.3 is 75.1 Å². The molecule has 2 aliphatic rings. The second kappa shape index (κ2) is 14.8. The molecule has 0 bridgehead atoms. The van der Waals surface area contributed by atoms with Crippen molar-refractivity contribution >= 4 is 11.8 Å². The van der Waals surface area contributed by atoms with Crippen LogP contribution in [0.25, 0.3) is 0 Å². The lowest BCUT2D eigenvalue weighted by Gasteiger charge is -2.42. The van der Waals surface area contributed by atoms with Crippen LogP contribution < -0.4 is 5.32 Å². The van der Waals surface area contributed by atoms with Crippen LogP contribution in [0.1, 0.15) is 0 Å². The summed E-state index contributed by atoms with van der Waals surface area (Å²) >= 11 is 0. The molecule has 39 heavy (non-hydrogen) atoms. The molecule has 2 heterocycles. The molecule has 0 aromatic rings. The highest BCUT2D eigenvalue weighted by Gasteiger charge is 2.48. The highest BCUT2D eigenvalue weighted by atomic mass is 16.7. The van der Waals surface area contributed by atoms with Gasteiger partial charge in [-0.05, 0) is 6.08 Å². The van der Waals surface area contributed by atoms with E-state index in [-0.39, 0.29) is 0 Å². The molecule has 2 rings (SSSR count). The molecule has 14 atom stereocenters. The lowest BCUT2D eigenvalue weighted by molar-refractivity contribution is -0.333. The number of imide groups is 1. The topological polar surface area (TPSA) is 306 Å². The standard InChI is InChI=1S/C21H35NO17/c1-2-9(25)22-19(35)16(32)13(29)10(26)6(24)4-36-20-18(34)15(31)12(28)8(39-20)5-37-21-17(33)14(30)11(27)7(3-23)38-21/h2,6-8,10-18,20-21,23-24,26-34H,1,3-5H2,(H,22,25,35)/t6-,7-,8-,10-,11-,12-,13+,14+,15+,16-,17-,18-,20+,21+/m1/s1. The van der Waals surface area contributed by atoms with Crippen molar-refractivity contribution in [2.75, 3.05) is 19.8 Å². The Morgan fingerprint density at radius 1 is 0.795 bits per heavy atom. The maximum absolute atomic E-state index is 11.7. The van der Waals surface area contributed by atoms with Gasteiger partial charge in [0.15, 0.2) is 18.7 Å². The Kier molecular flexibility index (Phi) is 12.7. The Balaban J connectivity index is 1.95. The quantitative estimate of drug-likeness (QED) is 0.0964. The van der Waals surface area contributed by atoms with Gasteiger partial charge in [-0.15, -0.1) is 0 Å². The van der Waals surface area contributed by atoms with Gasteiger partial charge in [0.05, 0.1) is 19.8 Å². The molecule has 2 saturated heterocycles. The van der Waals surface area contributed by atoms with E-state index in [1.807, 2.05) is 0 Å². The first-order valence-electron chi connectivity index (χ1n) is 11.7. The molecule has 2 fully saturated rings. The summed E-state index contributed by atoms with van der Waals surface area (Å²) in [4.78, 5) is 22.8. The Morgan fingerprint density at radius 2 is 1.31 bits per heavy atom. The van der Waals surface area contributed by atoms with Crippen molar-refractivity contribution < 1.29 is 84.7 Å². The van der Waals surface area contributed by atoms with Crippen LogP contribution in [-0.2, 0) is 28.5 Å². The van der Waals surface area contributed by atoms with E-state index in [0.717, 1.165) is 0 Å². The normalized spacial score (nSPS) is 38.3. The number of carbonyl (C=O) groups is 2. The number of rotatable bonds is 12. The van der Waals surface area contributed by atoms with Crippen molar-refractivity contribution in [2.24, 2.45) is 0 Å². The van der Waals surface area contributed by atoms with E-state index in [0.29, 0.717) is 6.08 Å². The predicted molar refractivity (Wildman–Crippen MR) is 120 cm³/mol.